The van der Waals surface area contributed by atoms with Crippen LogP contribution in [0, 0.1) is 6.92 Å². The van der Waals surface area contributed by atoms with Gasteiger partial charge in [0.05, 0.1) is 14.2 Å². The molecule has 0 heterocycles. The molecule has 18 heavy (non-hydrogen) atoms. The Morgan fingerprint density at radius 1 is 0.778 bits per heavy atom. The number of rotatable bonds is 4. The molecule has 0 aromatic heterocycles. The minimum Gasteiger partial charge on any atom is -0.497 e. The van der Waals surface area contributed by atoms with Crippen molar-refractivity contribution in [3.63, 3.8) is 0 Å². The van der Waals surface area contributed by atoms with E-state index in [4.69, 9.17) is 9.47 Å². The van der Waals surface area contributed by atoms with Crippen LogP contribution in [0.15, 0.2) is 42.5 Å². The maximum atomic E-state index is 5.23. The van der Waals surface area contributed by atoms with Crippen LogP contribution in [-0.4, -0.2) is 14.2 Å². The van der Waals surface area contributed by atoms with Crippen LogP contribution in [0.25, 0.3) is 0 Å². The summed E-state index contributed by atoms with van der Waals surface area (Å²) < 4.78 is 10.5. The summed E-state index contributed by atoms with van der Waals surface area (Å²) in [6.07, 6.45) is 0. The fourth-order valence-corrected chi connectivity index (χ4v) is 1.68. The predicted molar refractivity (Wildman–Crippen MR) is 74.0 cm³/mol. The number of methoxy groups -OCH3 is 2. The van der Waals surface area contributed by atoms with Crippen LogP contribution in [0.3, 0.4) is 0 Å². The summed E-state index contributed by atoms with van der Waals surface area (Å²) in [6.45, 7) is 2.07. The van der Waals surface area contributed by atoms with E-state index < -0.39 is 0 Å². The molecule has 0 spiro atoms. The molecule has 3 nitrogen and oxygen atoms in total. The zero-order valence-electron chi connectivity index (χ0n) is 10.9. The maximum absolute atomic E-state index is 5.23. The Bertz CT molecular complexity index is 498. The molecule has 0 saturated carbocycles. The molecule has 0 aliphatic carbocycles. The average Bonchev–Trinajstić information content (AvgIpc) is 2.41. The van der Waals surface area contributed by atoms with Gasteiger partial charge < -0.3 is 14.8 Å². The van der Waals surface area contributed by atoms with E-state index in [9.17, 15) is 0 Å². The largest absolute Gasteiger partial charge is 0.497 e. The van der Waals surface area contributed by atoms with Gasteiger partial charge in [-0.25, -0.2) is 0 Å². The fourth-order valence-electron chi connectivity index (χ4n) is 1.68. The second kappa shape index (κ2) is 5.45. The van der Waals surface area contributed by atoms with Gasteiger partial charge in [0.1, 0.15) is 11.5 Å². The molecule has 3 heteroatoms. The quantitative estimate of drug-likeness (QED) is 0.887. The van der Waals surface area contributed by atoms with E-state index >= 15 is 0 Å². The number of nitrogens with one attached hydrogen (secondary N) is 1. The maximum Gasteiger partial charge on any atom is 0.124 e. The Labute approximate surface area is 107 Å². The van der Waals surface area contributed by atoms with Crippen molar-refractivity contribution in [1.29, 1.82) is 0 Å². The number of hydrogen-bond acceptors (Lipinski definition) is 3. The normalized spacial score (nSPS) is 9.94. The highest BCUT2D eigenvalue weighted by molar-refractivity contribution is 5.63. The van der Waals surface area contributed by atoms with Crippen LogP contribution in [-0.2, 0) is 0 Å². The van der Waals surface area contributed by atoms with Crippen molar-refractivity contribution in [2.24, 2.45) is 0 Å². The van der Waals surface area contributed by atoms with Gasteiger partial charge in [-0.3, -0.25) is 0 Å². The minimum atomic E-state index is 0.768. The van der Waals surface area contributed by atoms with Crippen LogP contribution < -0.4 is 14.8 Å². The first-order chi connectivity index (χ1) is 8.71. The molecule has 2 rings (SSSR count). The molecule has 94 valence electrons. The Balaban J connectivity index is 2.25. The van der Waals surface area contributed by atoms with Crippen molar-refractivity contribution < 1.29 is 9.47 Å². The number of ether oxygens (including phenoxy) is 2. The highest BCUT2D eigenvalue weighted by Crippen LogP contribution is 2.28. The number of anilines is 2. The lowest BCUT2D eigenvalue weighted by molar-refractivity contribution is 0.395. The molecule has 0 saturated heterocycles. The fraction of sp³-hybridized carbons (Fsp3) is 0.200. The molecule has 0 atom stereocenters. The Kier molecular flexibility index (Phi) is 3.72. The summed E-state index contributed by atoms with van der Waals surface area (Å²) in [7, 11) is 3.29. The van der Waals surface area contributed by atoms with E-state index in [0.717, 1.165) is 22.9 Å². The molecule has 1 N–H and O–H groups in total. The Hall–Kier alpha value is -2.16. The third-order valence-electron chi connectivity index (χ3n) is 2.69. The van der Waals surface area contributed by atoms with Gasteiger partial charge in [-0.1, -0.05) is 17.7 Å². The summed E-state index contributed by atoms with van der Waals surface area (Å²) >= 11 is 0. The molecule has 0 amide bonds. The molecule has 2 aromatic carbocycles. The molecule has 0 aliphatic rings. The Morgan fingerprint density at radius 2 is 1.33 bits per heavy atom. The molecule has 0 bridgehead atoms. The second-order valence-corrected chi connectivity index (χ2v) is 4.09. The van der Waals surface area contributed by atoms with Gasteiger partial charge in [-0.15, -0.1) is 0 Å². The lowest BCUT2D eigenvalue weighted by Crippen LogP contribution is -1.93. The first-order valence-corrected chi connectivity index (χ1v) is 5.78. The lowest BCUT2D eigenvalue weighted by Gasteiger charge is -2.10. The number of hydrogen-bond donors (Lipinski definition) is 1. The van der Waals surface area contributed by atoms with E-state index in [1.165, 1.54) is 5.56 Å². The zero-order chi connectivity index (χ0) is 13.0. The highest BCUT2D eigenvalue weighted by atomic mass is 16.5. The van der Waals surface area contributed by atoms with Crippen LogP contribution in [0.5, 0.6) is 11.5 Å². The van der Waals surface area contributed by atoms with E-state index in [1.54, 1.807) is 14.2 Å². The Morgan fingerprint density at radius 3 is 1.83 bits per heavy atom. The van der Waals surface area contributed by atoms with E-state index in [2.05, 4.69) is 24.4 Å². The van der Waals surface area contributed by atoms with Crippen molar-refractivity contribution in [3.8, 4) is 11.5 Å². The highest BCUT2D eigenvalue weighted by Gasteiger charge is 2.02. The summed E-state index contributed by atoms with van der Waals surface area (Å²) in [4.78, 5) is 0. The van der Waals surface area contributed by atoms with Crippen LogP contribution in [0.4, 0.5) is 11.4 Å². The van der Waals surface area contributed by atoms with Crippen LogP contribution in [0.2, 0.25) is 0 Å². The third kappa shape index (κ3) is 2.94. The smallest absolute Gasteiger partial charge is 0.124 e. The lowest BCUT2D eigenvalue weighted by atomic mass is 10.2. The van der Waals surface area contributed by atoms with Crippen LogP contribution >= 0.6 is 0 Å². The van der Waals surface area contributed by atoms with Crippen molar-refractivity contribution >= 4 is 11.4 Å². The first kappa shape index (κ1) is 12.3. The number of benzene rings is 2. The zero-order valence-corrected chi connectivity index (χ0v) is 10.9. The van der Waals surface area contributed by atoms with Gasteiger partial charge in [-0.05, 0) is 19.1 Å². The molecular weight excluding hydrogens is 226 g/mol. The molecule has 0 aliphatic heterocycles. The monoisotopic (exact) mass is 243 g/mol. The number of aryl methyl sites for hydroxylation is 1. The van der Waals surface area contributed by atoms with Gasteiger partial charge in [0.15, 0.2) is 0 Å². The molecule has 0 radical (unpaired) electrons. The molecular formula is C15H17NO2. The van der Waals surface area contributed by atoms with Crippen molar-refractivity contribution in [3.05, 3.63) is 48.0 Å². The van der Waals surface area contributed by atoms with Gasteiger partial charge in [-0.2, -0.15) is 0 Å². The SMILES string of the molecule is COc1cc(Nc2ccc(C)cc2)cc(OC)c1. The third-order valence-corrected chi connectivity index (χ3v) is 2.69. The summed E-state index contributed by atoms with van der Waals surface area (Å²) in [5.41, 5.74) is 3.22. The van der Waals surface area contributed by atoms with Crippen LogP contribution in [0.1, 0.15) is 5.56 Å². The van der Waals surface area contributed by atoms with E-state index in [-0.39, 0.29) is 0 Å². The molecule has 0 unspecified atom stereocenters. The topological polar surface area (TPSA) is 30.5 Å². The summed E-state index contributed by atoms with van der Waals surface area (Å²) in [5.74, 6) is 1.54. The van der Waals surface area contributed by atoms with E-state index in [0.29, 0.717) is 0 Å². The summed E-state index contributed by atoms with van der Waals surface area (Å²) in [6, 6.07) is 13.9. The van der Waals surface area contributed by atoms with E-state index in [1.807, 2.05) is 30.3 Å². The van der Waals surface area contributed by atoms with Gasteiger partial charge in [0.25, 0.3) is 0 Å². The first-order valence-electron chi connectivity index (χ1n) is 5.78. The standard InChI is InChI=1S/C15H17NO2/c1-11-4-6-12(7-5-11)16-13-8-14(17-2)10-15(9-13)18-3/h4-10,16H,1-3H3. The van der Waals surface area contributed by atoms with Gasteiger partial charge >= 0.3 is 0 Å². The van der Waals surface area contributed by atoms with Crippen molar-refractivity contribution in [2.45, 2.75) is 6.92 Å². The van der Waals surface area contributed by atoms with Gasteiger partial charge in [0, 0.05) is 29.6 Å². The predicted octanol–water partition coefficient (Wildman–Crippen LogP) is 3.76. The van der Waals surface area contributed by atoms with Crippen molar-refractivity contribution in [2.75, 3.05) is 19.5 Å². The minimum absolute atomic E-state index is 0.768. The summed E-state index contributed by atoms with van der Waals surface area (Å²) in [5, 5.41) is 3.32. The van der Waals surface area contributed by atoms with Gasteiger partial charge in [0.2, 0.25) is 0 Å². The average molecular weight is 243 g/mol. The van der Waals surface area contributed by atoms with Crippen molar-refractivity contribution in [1.82, 2.24) is 0 Å². The molecule has 2 aromatic rings. The molecule has 0 fully saturated rings. The second-order valence-electron chi connectivity index (χ2n) is 4.09.